The first-order chi connectivity index (χ1) is 19.1. The van der Waals surface area contributed by atoms with Crippen LogP contribution in [0.15, 0.2) is 54.0 Å². The fourth-order valence-electron chi connectivity index (χ4n) is 4.36. The van der Waals surface area contributed by atoms with Crippen molar-refractivity contribution < 1.29 is 22.3 Å². The molecule has 14 heteroatoms. The van der Waals surface area contributed by atoms with Crippen LogP contribution < -0.4 is 25.1 Å². The van der Waals surface area contributed by atoms with E-state index in [4.69, 9.17) is 14.5 Å². The van der Waals surface area contributed by atoms with Crippen LogP contribution in [0.3, 0.4) is 0 Å². The van der Waals surface area contributed by atoms with E-state index in [0.717, 1.165) is 19.5 Å². The van der Waals surface area contributed by atoms with Crippen molar-refractivity contribution in [2.75, 3.05) is 33.2 Å². The molecule has 1 atom stereocenters. The fourth-order valence-corrected chi connectivity index (χ4v) is 5.12. The van der Waals surface area contributed by atoms with Gasteiger partial charge in [-0.1, -0.05) is 6.08 Å². The maximum Gasteiger partial charge on any atom is 0.322 e. The van der Waals surface area contributed by atoms with Crippen LogP contribution in [-0.2, 0) is 23.8 Å². The molecule has 1 unspecified atom stereocenters. The normalized spacial score (nSPS) is 14.8. The molecule has 0 spiro atoms. The Morgan fingerprint density at radius 1 is 1.12 bits per heavy atom. The van der Waals surface area contributed by atoms with E-state index in [9.17, 15) is 8.42 Å². The second-order valence-electron chi connectivity index (χ2n) is 9.34. The summed E-state index contributed by atoms with van der Waals surface area (Å²) in [5, 5.41) is 9.85. The summed E-state index contributed by atoms with van der Waals surface area (Å²) in [4.78, 5) is 11.2. The first-order valence-electron chi connectivity index (χ1n) is 12.3. The van der Waals surface area contributed by atoms with E-state index in [1.54, 1.807) is 34.1 Å². The third-order valence-corrected chi connectivity index (χ3v) is 8.11. The smallest absolute Gasteiger partial charge is 0.322 e. The van der Waals surface area contributed by atoms with Crippen LogP contribution in [0.2, 0.25) is 0 Å². The van der Waals surface area contributed by atoms with Crippen molar-refractivity contribution in [1.29, 1.82) is 0 Å². The van der Waals surface area contributed by atoms with Gasteiger partial charge in [0, 0.05) is 69.4 Å². The number of aromatic nitrogens is 5. The first-order valence-corrected chi connectivity index (χ1v) is 13.7. The molecule has 210 valence electrons. The number of aryl methyl sites for hydroxylation is 1. The summed E-state index contributed by atoms with van der Waals surface area (Å²) >= 11 is 0. The van der Waals surface area contributed by atoms with E-state index in [0.29, 0.717) is 28.6 Å². The molecule has 1 aromatic carbocycles. The summed E-state index contributed by atoms with van der Waals surface area (Å²) < 4.78 is 55.3. The molecule has 0 saturated carbocycles. The van der Waals surface area contributed by atoms with Crippen LogP contribution in [0.4, 0.5) is 10.1 Å². The van der Waals surface area contributed by atoms with E-state index in [1.165, 1.54) is 40.6 Å². The second-order valence-corrected chi connectivity index (χ2v) is 11.3. The Kier molecular flexibility index (Phi) is 7.29. The predicted octanol–water partition coefficient (Wildman–Crippen LogP) is 1.33. The lowest BCUT2D eigenvalue weighted by Gasteiger charge is -2.32. The molecule has 0 fully saturated rings. The monoisotopic (exact) mass is 568 g/mol. The topological polar surface area (TPSA) is 120 Å². The number of hydrogen-bond acceptors (Lipinski definition) is 9. The Morgan fingerprint density at radius 3 is 2.60 bits per heavy atom. The number of fused-ring (bicyclic) bond motifs is 1. The number of rotatable bonds is 9. The third kappa shape index (κ3) is 5.14. The Bertz CT molecular complexity index is 1780. The predicted molar refractivity (Wildman–Crippen MR) is 146 cm³/mol. The summed E-state index contributed by atoms with van der Waals surface area (Å²) in [5.74, 6) is -0.215. The van der Waals surface area contributed by atoms with Gasteiger partial charge in [0.05, 0.1) is 49.0 Å². The summed E-state index contributed by atoms with van der Waals surface area (Å²) in [6.45, 7) is 0.0518. The molecule has 3 aromatic heterocycles. The van der Waals surface area contributed by atoms with Gasteiger partial charge in [0.2, 0.25) is 0 Å². The van der Waals surface area contributed by atoms with Gasteiger partial charge in [-0.05, 0) is 12.1 Å². The number of ether oxygens (including phenoxy) is 2. The minimum Gasteiger partial charge on any atom is -0.497 e. The van der Waals surface area contributed by atoms with Gasteiger partial charge in [-0.2, -0.15) is 27.0 Å². The van der Waals surface area contributed by atoms with Gasteiger partial charge >= 0.3 is 10.2 Å². The second kappa shape index (κ2) is 10.7. The minimum atomic E-state index is -3.82. The number of hydrogen-bond donors (Lipinski definition) is 0. The highest BCUT2D eigenvalue weighted by molar-refractivity contribution is 7.87. The van der Waals surface area contributed by atoms with E-state index in [1.807, 2.05) is 25.4 Å². The zero-order valence-corrected chi connectivity index (χ0v) is 23.5. The van der Waals surface area contributed by atoms with Crippen LogP contribution in [0.5, 0.6) is 11.5 Å². The first kappa shape index (κ1) is 27.3. The molecule has 0 saturated heterocycles. The van der Waals surface area contributed by atoms with E-state index < -0.39 is 22.2 Å². The van der Waals surface area contributed by atoms with Crippen molar-refractivity contribution in [2.24, 2.45) is 12.0 Å². The molecule has 1 aliphatic heterocycles. The van der Waals surface area contributed by atoms with Crippen molar-refractivity contribution in [3.05, 3.63) is 71.3 Å². The van der Waals surface area contributed by atoms with Crippen LogP contribution in [0.1, 0.15) is 12.1 Å². The van der Waals surface area contributed by atoms with Crippen molar-refractivity contribution in [2.45, 2.75) is 19.1 Å². The number of methoxy groups -OCH3 is 2. The highest BCUT2D eigenvalue weighted by Crippen LogP contribution is 2.35. The third-order valence-electron chi connectivity index (χ3n) is 6.52. The minimum absolute atomic E-state index is 0.000726. The van der Waals surface area contributed by atoms with Gasteiger partial charge < -0.3 is 14.4 Å². The molecule has 40 heavy (non-hydrogen) atoms. The summed E-state index contributed by atoms with van der Waals surface area (Å²) in [7, 11) is 3.71. The van der Waals surface area contributed by atoms with Crippen LogP contribution in [0, 0.1) is 5.82 Å². The lowest BCUT2D eigenvalue weighted by atomic mass is 10.1. The standard InChI is InChI=1S/C26H29FN8O4S/c1-32(2)40(36,37)35-9-8-19(31-35)16-34(23-11-20(38-4)12-24(39-5)26(23)27)25-7-6-21-22(30-25)10-17(13-28-21)18-14-29-33(3)15-18/h6,8-15,25H,7,16H2,1-5H3. The highest BCUT2D eigenvalue weighted by Gasteiger charge is 2.27. The zero-order chi connectivity index (χ0) is 28.6. The molecule has 0 radical (unpaired) electrons. The van der Waals surface area contributed by atoms with Gasteiger partial charge in [0.15, 0.2) is 11.6 Å². The Labute approximate surface area is 230 Å². The average Bonchev–Trinajstić information content (AvgIpc) is 3.61. The largest absolute Gasteiger partial charge is 0.497 e. The summed E-state index contributed by atoms with van der Waals surface area (Å²) in [6.07, 6.45) is 8.55. The SMILES string of the molecule is COc1cc(OC)c(F)c(N(Cc2ccn(S(=O)(=O)N(C)C)n2)C2CC=c3ncc(-c4cnn(C)c4)cc3=N2)c1. The highest BCUT2D eigenvalue weighted by atomic mass is 32.2. The Morgan fingerprint density at radius 2 is 1.93 bits per heavy atom. The van der Waals surface area contributed by atoms with Gasteiger partial charge in [-0.3, -0.25) is 14.7 Å². The average molecular weight is 569 g/mol. The van der Waals surface area contributed by atoms with Crippen LogP contribution >= 0.6 is 0 Å². The molecule has 0 amide bonds. The fraction of sp³-hybridized carbons (Fsp3) is 0.308. The summed E-state index contributed by atoms with van der Waals surface area (Å²) in [6, 6.07) is 6.51. The van der Waals surface area contributed by atoms with Gasteiger partial charge in [-0.15, -0.1) is 0 Å². The quantitative estimate of drug-likeness (QED) is 0.297. The Hall–Kier alpha value is -4.30. The van der Waals surface area contributed by atoms with Crippen LogP contribution in [-0.4, -0.2) is 71.2 Å². The van der Waals surface area contributed by atoms with E-state index in [2.05, 4.69) is 15.2 Å². The van der Waals surface area contributed by atoms with E-state index in [-0.39, 0.29) is 18.0 Å². The molecule has 12 nitrogen and oxygen atoms in total. The molecule has 4 heterocycles. The van der Waals surface area contributed by atoms with Gasteiger partial charge in [-0.25, -0.2) is 4.39 Å². The molecular weight excluding hydrogens is 539 g/mol. The van der Waals surface area contributed by atoms with Crippen molar-refractivity contribution in [1.82, 2.24) is 28.3 Å². The number of anilines is 1. The number of halogens is 1. The maximum absolute atomic E-state index is 15.8. The maximum atomic E-state index is 15.8. The molecule has 0 N–H and O–H groups in total. The molecule has 4 aromatic rings. The lowest BCUT2D eigenvalue weighted by molar-refractivity contribution is 0.373. The van der Waals surface area contributed by atoms with Gasteiger partial charge in [0.1, 0.15) is 11.9 Å². The molecule has 5 rings (SSSR count). The summed E-state index contributed by atoms with van der Waals surface area (Å²) in [5.41, 5.74) is 2.30. The van der Waals surface area contributed by atoms with Crippen molar-refractivity contribution in [3.8, 4) is 22.6 Å². The molecule has 0 bridgehead atoms. The molecular formula is C26H29FN8O4S. The zero-order valence-electron chi connectivity index (χ0n) is 22.7. The number of benzene rings is 1. The number of nitrogens with zero attached hydrogens (tertiary/aromatic N) is 8. The van der Waals surface area contributed by atoms with E-state index >= 15 is 4.39 Å². The number of pyridine rings is 1. The Balaban J connectivity index is 1.61. The molecule has 1 aliphatic rings. The van der Waals surface area contributed by atoms with Crippen molar-refractivity contribution in [3.63, 3.8) is 0 Å². The molecule has 0 aliphatic carbocycles. The van der Waals surface area contributed by atoms with Crippen LogP contribution in [0.25, 0.3) is 17.2 Å². The van der Waals surface area contributed by atoms with Gasteiger partial charge in [0.25, 0.3) is 0 Å². The lowest BCUT2D eigenvalue weighted by Crippen LogP contribution is -2.42. The van der Waals surface area contributed by atoms with Crippen molar-refractivity contribution >= 4 is 22.0 Å².